The molecule has 128 valence electrons. The number of hydrogen-bond acceptors (Lipinski definition) is 0. The second kappa shape index (κ2) is 4.77. The van der Waals surface area contributed by atoms with Crippen LogP contribution in [0.1, 0.15) is 78.1 Å². The van der Waals surface area contributed by atoms with Crippen molar-refractivity contribution in [1.29, 1.82) is 0 Å². The fourth-order valence-corrected chi connectivity index (χ4v) is 6.58. The Morgan fingerprint density at radius 1 is 0.583 bits per heavy atom. The number of allylic oxidation sites excluding steroid dienone is 8. The highest BCUT2D eigenvalue weighted by atomic mass is 14.6. The molecule has 0 bridgehead atoms. The van der Waals surface area contributed by atoms with Crippen molar-refractivity contribution in [2.24, 2.45) is 21.7 Å². The molecule has 5 rings (SSSR count). The molecule has 5 aliphatic rings. The first kappa shape index (κ1) is 15.2. The van der Waals surface area contributed by atoms with Gasteiger partial charge in [0.1, 0.15) is 0 Å². The van der Waals surface area contributed by atoms with Crippen LogP contribution in [-0.2, 0) is 0 Å². The van der Waals surface area contributed by atoms with Crippen LogP contribution in [0.15, 0.2) is 47.6 Å². The lowest BCUT2D eigenvalue weighted by Gasteiger charge is -2.64. The predicted octanol–water partition coefficient (Wildman–Crippen LogP) is 6.91. The quantitative estimate of drug-likeness (QED) is 0.455. The summed E-state index contributed by atoms with van der Waals surface area (Å²) in [7, 11) is 0. The molecule has 4 atom stereocenters. The van der Waals surface area contributed by atoms with E-state index in [9.17, 15) is 0 Å². The molecule has 0 saturated heterocycles. The Morgan fingerprint density at radius 2 is 1.00 bits per heavy atom. The third-order valence-corrected chi connectivity index (χ3v) is 8.83. The predicted molar refractivity (Wildman–Crippen MR) is 102 cm³/mol. The van der Waals surface area contributed by atoms with Crippen LogP contribution in [0.2, 0.25) is 0 Å². The van der Waals surface area contributed by atoms with Gasteiger partial charge in [0.05, 0.1) is 0 Å². The van der Waals surface area contributed by atoms with Gasteiger partial charge in [0.15, 0.2) is 0 Å². The molecule has 0 aromatic heterocycles. The van der Waals surface area contributed by atoms with E-state index in [0.717, 1.165) is 0 Å². The summed E-state index contributed by atoms with van der Waals surface area (Å²) in [6.07, 6.45) is 29.1. The molecule has 0 heteroatoms. The van der Waals surface area contributed by atoms with E-state index < -0.39 is 0 Å². The molecule has 0 amide bonds. The van der Waals surface area contributed by atoms with Crippen LogP contribution in [0, 0.1) is 21.7 Å². The molecule has 0 N–H and O–H groups in total. The van der Waals surface area contributed by atoms with Gasteiger partial charge in [-0.05, 0) is 97.0 Å². The Bertz CT molecular complexity index is 629. The van der Waals surface area contributed by atoms with E-state index in [4.69, 9.17) is 0 Å². The average molecular weight is 321 g/mol. The summed E-state index contributed by atoms with van der Waals surface area (Å²) in [5.41, 5.74) is 5.23. The molecule has 0 radical (unpaired) electrons. The van der Waals surface area contributed by atoms with Crippen molar-refractivity contribution in [3.8, 4) is 0 Å². The van der Waals surface area contributed by atoms with Gasteiger partial charge in [0, 0.05) is 0 Å². The number of rotatable bonds is 0. The Hall–Kier alpha value is -1.04. The minimum atomic E-state index is 0.470. The summed E-state index contributed by atoms with van der Waals surface area (Å²) in [5, 5.41) is 0. The topological polar surface area (TPSA) is 0 Å². The van der Waals surface area contributed by atoms with Crippen molar-refractivity contribution in [1.82, 2.24) is 0 Å². The van der Waals surface area contributed by atoms with E-state index in [1.165, 1.54) is 64.2 Å². The van der Waals surface area contributed by atoms with Crippen molar-refractivity contribution in [2.45, 2.75) is 78.1 Å². The van der Waals surface area contributed by atoms with Crippen molar-refractivity contribution >= 4 is 0 Å². The van der Waals surface area contributed by atoms with Gasteiger partial charge < -0.3 is 0 Å². The fourth-order valence-electron chi connectivity index (χ4n) is 6.58. The average Bonchev–Trinajstić information content (AvgIpc) is 2.59. The molecule has 0 heterocycles. The van der Waals surface area contributed by atoms with Crippen molar-refractivity contribution in [3.05, 3.63) is 47.6 Å². The maximum atomic E-state index is 2.77. The molecule has 24 heavy (non-hydrogen) atoms. The first-order chi connectivity index (χ1) is 11.5. The SMILES string of the molecule is C[C@]12CCC=CC1=C[C@]1(CC2)CC[C@@]12C=C1C=CCC[C@]1(C)CC2. The van der Waals surface area contributed by atoms with Gasteiger partial charge in [-0.3, -0.25) is 0 Å². The molecule has 0 aromatic carbocycles. The molecular weight excluding hydrogens is 288 g/mol. The maximum Gasteiger partial charge on any atom is -0.00204 e. The lowest BCUT2D eigenvalue weighted by Crippen LogP contribution is -2.54. The normalized spacial score (nSPS) is 49.2. The first-order valence-electron chi connectivity index (χ1n) is 10.3. The van der Waals surface area contributed by atoms with Crippen LogP contribution >= 0.6 is 0 Å². The van der Waals surface area contributed by atoms with E-state index in [2.05, 4.69) is 50.3 Å². The second-order valence-electron chi connectivity index (χ2n) is 10.0. The summed E-state index contributed by atoms with van der Waals surface area (Å²) in [4.78, 5) is 0. The molecule has 0 unspecified atom stereocenters. The smallest absolute Gasteiger partial charge is 0.00204 e. The lowest BCUT2D eigenvalue weighted by molar-refractivity contribution is -0.0433. The zero-order chi connectivity index (χ0) is 16.5. The summed E-state index contributed by atoms with van der Waals surface area (Å²) >= 11 is 0. The second-order valence-corrected chi connectivity index (χ2v) is 10.0. The van der Waals surface area contributed by atoms with E-state index in [1.807, 2.05) is 0 Å². The van der Waals surface area contributed by atoms with Crippen LogP contribution in [0.3, 0.4) is 0 Å². The molecule has 0 nitrogen and oxygen atoms in total. The van der Waals surface area contributed by atoms with Gasteiger partial charge in [0.25, 0.3) is 0 Å². The highest BCUT2D eigenvalue weighted by Crippen LogP contribution is 2.70. The third-order valence-electron chi connectivity index (χ3n) is 8.83. The van der Waals surface area contributed by atoms with Crippen molar-refractivity contribution < 1.29 is 0 Å². The Morgan fingerprint density at radius 3 is 1.42 bits per heavy atom. The Kier molecular flexibility index (Phi) is 3.03. The van der Waals surface area contributed by atoms with Crippen LogP contribution in [-0.4, -0.2) is 0 Å². The molecular formula is C24H32. The lowest BCUT2D eigenvalue weighted by atomic mass is 9.40. The highest BCUT2D eigenvalue weighted by molar-refractivity contribution is 5.42. The number of hydrogen-bond donors (Lipinski definition) is 0. The third kappa shape index (κ3) is 1.86. The van der Waals surface area contributed by atoms with Crippen LogP contribution in [0.25, 0.3) is 0 Å². The van der Waals surface area contributed by atoms with Gasteiger partial charge in [-0.15, -0.1) is 0 Å². The largest absolute Gasteiger partial charge is 0.0842 e. The summed E-state index contributed by atoms with van der Waals surface area (Å²) in [6.45, 7) is 5.03. The standard InChI is InChI=1S/C24H32/c1-21-9-5-3-7-19(21)17-23(13-11-21)15-16-24(23)14-12-22(2)10-6-4-8-20(22)18-24/h3-4,7-8,17-18H,5-6,9-16H2,1-2H3/t21-,22-,23+,24+/m1/s1. The zero-order valence-electron chi connectivity index (χ0n) is 15.5. The van der Waals surface area contributed by atoms with Crippen LogP contribution < -0.4 is 0 Å². The molecule has 5 aliphatic carbocycles. The zero-order valence-corrected chi connectivity index (χ0v) is 15.5. The minimum Gasteiger partial charge on any atom is -0.0842 e. The van der Waals surface area contributed by atoms with Gasteiger partial charge in [-0.1, -0.05) is 50.3 Å². The summed E-state index contributed by atoms with van der Waals surface area (Å²) in [5.74, 6) is 0. The summed E-state index contributed by atoms with van der Waals surface area (Å²) < 4.78 is 0. The minimum absolute atomic E-state index is 0.470. The molecule has 1 saturated carbocycles. The van der Waals surface area contributed by atoms with Gasteiger partial charge in [0.2, 0.25) is 0 Å². The maximum absolute atomic E-state index is 2.77. The van der Waals surface area contributed by atoms with Gasteiger partial charge in [-0.2, -0.15) is 0 Å². The van der Waals surface area contributed by atoms with Crippen molar-refractivity contribution in [3.63, 3.8) is 0 Å². The van der Waals surface area contributed by atoms with E-state index in [1.54, 1.807) is 11.1 Å². The van der Waals surface area contributed by atoms with E-state index >= 15 is 0 Å². The van der Waals surface area contributed by atoms with Gasteiger partial charge >= 0.3 is 0 Å². The fraction of sp³-hybridized carbons (Fsp3) is 0.667. The summed E-state index contributed by atoms with van der Waals surface area (Å²) in [6, 6.07) is 0. The molecule has 1 fully saturated rings. The molecule has 2 spiro atoms. The van der Waals surface area contributed by atoms with Crippen LogP contribution in [0.4, 0.5) is 0 Å². The number of fused-ring (bicyclic) bond motifs is 3. The Labute approximate surface area is 147 Å². The first-order valence-corrected chi connectivity index (χ1v) is 10.3. The molecule has 0 aromatic rings. The highest BCUT2D eigenvalue weighted by Gasteiger charge is 2.60. The Balaban J connectivity index is 1.57. The van der Waals surface area contributed by atoms with Gasteiger partial charge in [-0.25, -0.2) is 0 Å². The van der Waals surface area contributed by atoms with E-state index in [0.29, 0.717) is 21.7 Å². The molecule has 0 aliphatic heterocycles. The van der Waals surface area contributed by atoms with Crippen molar-refractivity contribution in [2.75, 3.05) is 0 Å². The van der Waals surface area contributed by atoms with Crippen LogP contribution in [0.5, 0.6) is 0 Å². The monoisotopic (exact) mass is 320 g/mol. The van der Waals surface area contributed by atoms with E-state index in [-0.39, 0.29) is 0 Å².